The van der Waals surface area contributed by atoms with Gasteiger partial charge in [0.2, 0.25) is 10.0 Å². The van der Waals surface area contributed by atoms with Crippen LogP contribution in [0.1, 0.15) is 10.4 Å². The number of carbonyl (C=O) groups is 3. The van der Waals surface area contributed by atoms with E-state index in [0.717, 1.165) is 0 Å². The van der Waals surface area contributed by atoms with Crippen molar-refractivity contribution in [3.8, 4) is 0 Å². The molecule has 3 rings (SSSR count). The van der Waals surface area contributed by atoms with E-state index in [1.165, 1.54) is 46.9 Å². The molecular weight excluding hydrogens is 438 g/mol. The first-order chi connectivity index (χ1) is 15.3. The molecule has 12 heteroatoms. The van der Waals surface area contributed by atoms with Crippen molar-refractivity contribution in [2.24, 2.45) is 0 Å². The molecule has 1 saturated heterocycles. The standard InChI is InChI=1S/C20H23N5O6S/c1-31-18(26)14-22-19(27)15-4-6-16(7-5-15)23-20(28)24-9-11-25(12-10-24)32(29,30)17-3-2-8-21-13-17/h2-8,13H,9-12,14H2,1H3,(H,22,27)(H,23,28). The summed E-state index contributed by atoms with van der Waals surface area (Å²) in [5.74, 6) is -1.00. The Bertz CT molecular complexity index is 1070. The molecule has 0 saturated carbocycles. The predicted molar refractivity (Wildman–Crippen MR) is 114 cm³/mol. The summed E-state index contributed by atoms with van der Waals surface area (Å²) in [6.07, 6.45) is 2.80. The van der Waals surface area contributed by atoms with Crippen molar-refractivity contribution >= 4 is 33.6 Å². The normalized spacial score (nSPS) is 14.5. The molecule has 3 amide bonds. The molecule has 0 atom stereocenters. The van der Waals surface area contributed by atoms with Crippen LogP contribution >= 0.6 is 0 Å². The number of hydrogen-bond acceptors (Lipinski definition) is 7. The van der Waals surface area contributed by atoms with E-state index in [9.17, 15) is 22.8 Å². The fraction of sp³-hybridized carbons (Fsp3) is 0.300. The molecule has 2 N–H and O–H groups in total. The smallest absolute Gasteiger partial charge is 0.325 e. The second kappa shape index (κ2) is 10.2. The van der Waals surface area contributed by atoms with Crippen molar-refractivity contribution < 1.29 is 27.5 Å². The average molecular weight is 462 g/mol. The number of aromatic nitrogens is 1. The molecule has 0 unspecified atom stereocenters. The van der Waals surface area contributed by atoms with Gasteiger partial charge in [0, 0.05) is 49.8 Å². The van der Waals surface area contributed by atoms with E-state index in [0.29, 0.717) is 11.3 Å². The Morgan fingerprint density at radius 3 is 2.34 bits per heavy atom. The van der Waals surface area contributed by atoms with Crippen LogP contribution in [0.3, 0.4) is 0 Å². The largest absolute Gasteiger partial charge is 0.468 e. The number of benzene rings is 1. The average Bonchev–Trinajstić information content (AvgIpc) is 2.83. The van der Waals surface area contributed by atoms with Crippen molar-refractivity contribution in [1.82, 2.24) is 19.5 Å². The van der Waals surface area contributed by atoms with E-state index in [-0.39, 0.29) is 43.7 Å². The molecule has 2 aromatic rings. The molecule has 11 nitrogen and oxygen atoms in total. The second-order valence-corrected chi connectivity index (χ2v) is 8.78. The maximum atomic E-state index is 12.7. The lowest BCUT2D eigenvalue weighted by atomic mass is 10.2. The van der Waals surface area contributed by atoms with Gasteiger partial charge in [0.25, 0.3) is 5.91 Å². The summed E-state index contributed by atoms with van der Waals surface area (Å²) < 4.78 is 31.1. The SMILES string of the molecule is COC(=O)CNC(=O)c1ccc(NC(=O)N2CCN(S(=O)(=O)c3cccnc3)CC2)cc1. The Hall–Kier alpha value is -3.51. The molecule has 2 heterocycles. The van der Waals surface area contributed by atoms with Gasteiger partial charge in [-0.25, -0.2) is 13.2 Å². The number of nitrogens with zero attached hydrogens (tertiary/aromatic N) is 3. The van der Waals surface area contributed by atoms with Crippen molar-refractivity contribution in [3.05, 3.63) is 54.4 Å². The van der Waals surface area contributed by atoms with Crippen molar-refractivity contribution in [3.63, 3.8) is 0 Å². The van der Waals surface area contributed by atoms with Gasteiger partial charge in [-0.3, -0.25) is 14.6 Å². The molecule has 0 bridgehead atoms. The summed E-state index contributed by atoms with van der Waals surface area (Å²) in [7, 11) is -2.42. The first-order valence-electron chi connectivity index (χ1n) is 9.72. The van der Waals surface area contributed by atoms with Crippen molar-refractivity contribution in [2.45, 2.75) is 4.90 Å². The molecule has 0 aliphatic carbocycles. The summed E-state index contributed by atoms with van der Waals surface area (Å²) in [6.45, 7) is 0.572. The Balaban J connectivity index is 1.52. The molecule has 1 aromatic heterocycles. The number of amides is 3. The molecule has 1 aliphatic rings. The number of nitrogens with one attached hydrogen (secondary N) is 2. The van der Waals surface area contributed by atoms with Gasteiger partial charge in [-0.1, -0.05) is 0 Å². The van der Waals surface area contributed by atoms with Crippen molar-refractivity contribution in [2.75, 3.05) is 45.2 Å². The Morgan fingerprint density at radius 2 is 1.75 bits per heavy atom. The zero-order chi connectivity index (χ0) is 23.1. The number of urea groups is 1. The summed E-state index contributed by atoms with van der Waals surface area (Å²) in [4.78, 5) is 41.1. The summed E-state index contributed by atoms with van der Waals surface area (Å²) in [5.41, 5.74) is 0.797. The third kappa shape index (κ3) is 5.59. The molecule has 1 fully saturated rings. The number of piperazine rings is 1. The van der Waals surface area contributed by atoms with E-state index >= 15 is 0 Å². The molecule has 1 aromatic carbocycles. The highest BCUT2D eigenvalue weighted by atomic mass is 32.2. The van der Waals surface area contributed by atoms with Crippen LogP contribution in [0.5, 0.6) is 0 Å². The van der Waals surface area contributed by atoms with Crippen LogP contribution < -0.4 is 10.6 Å². The highest BCUT2D eigenvalue weighted by Gasteiger charge is 2.30. The number of hydrogen-bond donors (Lipinski definition) is 2. The number of sulfonamides is 1. The third-order valence-corrected chi connectivity index (χ3v) is 6.70. The fourth-order valence-electron chi connectivity index (χ4n) is 3.01. The van der Waals surface area contributed by atoms with E-state index in [1.807, 2.05) is 0 Å². The molecule has 170 valence electrons. The topological polar surface area (TPSA) is 138 Å². The van der Waals surface area contributed by atoms with E-state index in [1.54, 1.807) is 18.2 Å². The number of pyridine rings is 1. The predicted octanol–water partition coefficient (Wildman–Crippen LogP) is 0.523. The van der Waals surface area contributed by atoms with Crippen LogP contribution in [0.25, 0.3) is 0 Å². The highest BCUT2D eigenvalue weighted by molar-refractivity contribution is 7.89. The van der Waals surface area contributed by atoms with Crippen LogP contribution in [0, 0.1) is 0 Å². The van der Waals surface area contributed by atoms with Gasteiger partial charge < -0.3 is 20.3 Å². The first-order valence-corrected chi connectivity index (χ1v) is 11.2. The fourth-order valence-corrected chi connectivity index (χ4v) is 4.40. The number of esters is 1. The third-order valence-electron chi connectivity index (χ3n) is 4.82. The highest BCUT2D eigenvalue weighted by Crippen LogP contribution is 2.17. The van der Waals surface area contributed by atoms with Gasteiger partial charge in [-0.15, -0.1) is 0 Å². The lowest BCUT2D eigenvalue weighted by molar-refractivity contribution is -0.139. The van der Waals surface area contributed by atoms with Crippen LogP contribution in [0.4, 0.5) is 10.5 Å². The number of anilines is 1. The van der Waals surface area contributed by atoms with Crippen LogP contribution in [0.15, 0.2) is 53.7 Å². The number of methoxy groups -OCH3 is 1. The second-order valence-electron chi connectivity index (χ2n) is 6.85. The zero-order valence-electron chi connectivity index (χ0n) is 17.4. The van der Waals surface area contributed by atoms with Gasteiger partial charge in [-0.2, -0.15) is 4.31 Å². The molecule has 0 radical (unpaired) electrons. The minimum absolute atomic E-state index is 0.119. The number of ether oxygens (including phenoxy) is 1. The van der Waals surface area contributed by atoms with Gasteiger partial charge in [-0.05, 0) is 36.4 Å². The summed E-state index contributed by atoms with van der Waals surface area (Å²) >= 11 is 0. The minimum Gasteiger partial charge on any atom is -0.468 e. The summed E-state index contributed by atoms with van der Waals surface area (Å²) in [5, 5.41) is 5.15. The van der Waals surface area contributed by atoms with Crippen LogP contribution in [-0.2, 0) is 19.6 Å². The Kier molecular flexibility index (Phi) is 7.38. The summed E-state index contributed by atoms with van der Waals surface area (Å²) in [6, 6.07) is 8.83. The van der Waals surface area contributed by atoms with E-state index in [2.05, 4.69) is 20.4 Å². The molecule has 32 heavy (non-hydrogen) atoms. The number of carbonyl (C=O) groups excluding carboxylic acids is 3. The molecule has 0 spiro atoms. The van der Waals surface area contributed by atoms with Gasteiger partial charge in [0.15, 0.2) is 0 Å². The Labute approximate surface area is 185 Å². The lowest BCUT2D eigenvalue weighted by Crippen LogP contribution is -2.51. The molecule has 1 aliphatic heterocycles. The number of rotatable bonds is 6. The van der Waals surface area contributed by atoms with Gasteiger partial charge in [0.1, 0.15) is 11.4 Å². The van der Waals surface area contributed by atoms with Gasteiger partial charge >= 0.3 is 12.0 Å². The Morgan fingerprint density at radius 1 is 1.06 bits per heavy atom. The first kappa shape index (κ1) is 23.2. The van der Waals surface area contributed by atoms with Crippen molar-refractivity contribution in [1.29, 1.82) is 0 Å². The van der Waals surface area contributed by atoms with E-state index < -0.39 is 21.9 Å². The monoisotopic (exact) mass is 461 g/mol. The van der Waals surface area contributed by atoms with Crippen LogP contribution in [-0.4, -0.2) is 80.3 Å². The quantitative estimate of drug-likeness (QED) is 0.598. The zero-order valence-corrected chi connectivity index (χ0v) is 18.2. The maximum absolute atomic E-state index is 12.7. The maximum Gasteiger partial charge on any atom is 0.325 e. The molecular formula is C20H23N5O6S. The van der Waals surface area contributed by atoms with Crippen LogP contribution in [0.2, 0.25) is 0 Å². The van der Waals surface area contributed by atoms with E-state index in [4.69, 9.17) is 0 Å². The lowest BCUT2D eigenvalue weighted by Gasteiger charge is -2.33. The van der Waals surface area contributed by atoms with Gasteiger partial charge in [0.05, 0.1) is 7.11 Å². The minimum atomic E-state index is -3.65.